The number of rotatable bonds is 7. The van der Waals surface area contributed by atoms with Crippen molar-refractivity contribution in [1.29, 1.82) is 0 Å². The second-order valence-electron chi connectivity index (χ2n) is 7.86. The zero-order valence-electron chi connectivity index (χ0n) is 18.3. The van der Waals surface area contributed by atoms with Crippen LogP contribution >= 0.6 is 0 Å². The van der Waals surface area contributed by atoms with E-state index >= 15 is 0 Å². The van der Waals surface area contributed by atoms with Crippen LogP contribution in [0.1, 0.15) is 25.0 Å². The van der Waals surface area contributed by atoms with Crippen LogP contribution in [0.5, 0.6) is 5.75 Å². The number of fused-ring (bicyclic) bond motifs is 1. The van der Waals surface area contributed by atoms with Gasteiger partial charge in [-0.15, -0.1) is 0 Å². The summed E-state index contributed by atoms with van der Waals surface area (Å²) in [4.78, 5) is 20.2. The fourth-order valence-electron chi connectivity index (χ4n) is 3.90. The Labute approximate surface area is 190 Å². The van der Waals surface area contributed by atoms with Gasteiger partial charge in [-0.2, -0.15) is 9.97 Å². The maximum absolute atomic E-state index is 13.3. The van der Waals surface area contributed by atoms with Crippen molar-refractivity contribution in [3.8, 4) is 5.75 Å². The molecule has 1 aliphatic heterocycles. The van der Waals surface area contributed by atoms with Crippen LogP contribution in [0.15, 0.2) is 48.9 Å². The van der Waals surface area contributed by atoms with Gasteiger partial charge in [0.05, 0.1) is 12.8 Å². The van der Waals surface area contributed by atoms with Crippen LogP contribution < -0.4 is 20.3 Å². The zero-order valence-corrected chi connectivity index (χ0v) is 18.3. The number of aromatic nitrogens is 5. The van der Waals surface area contributed by atoms with Gasteiger partial charge in [0.25, 0.3) is 0 Å². The molecule has 0 saturated carbocycles. The smallest absolute Gasteiger partial charge is 0.232 e. The van der Waals surface area contributed by atoms with Crippen LogP contribution in [-0.2, 0) is 6.67 Å². The van der Waals surface area contributed by atoms with Gasteiger partial charge in [-0.25, -0.2) is 14.4 Å². The lowest BCUT2D eigenvalue weighted by Gasteiger charge is -2.28. The molecule has 0 atom stereocenters. The van der Waals surface area contributed by atoms with Crippen molar-refractivity contribution in [2.24, 2.45) is 0 Å². The molecule has 10 heteroatoms. The third-order valence-electron chi connectivity index (χ3n) is 5.53. The number of imidazole rings is 1. The Kier molecular flexibility index (Phi) is 5.88. The first kappa shape index (κ1) is 20.9. The molecule has 1 saturated heterocycles. The zero-order chi connectivity index (χ0) is 22.6. The Morgan fingerprint density at radius 3 is 2.64 bits per heavy atom. The lowest BCUT2D eigenvalue weighted by molar-refractivity contribution is 0.410. The number of nitrogens with one attached hydrogen (secondary N) is 2. The fourth-order valence-corrected chi connectivity index (χ4v) is 3.90. The van der Waals surface area contributed by atoms with E-state index < -0.39 is 6.67 Å². The summed E-state index contributed by atoms with van der Waals surface area (Å²) < 4.78 is 20.5. The summed E-state index contributed by atoms with van der Waals surface area (Å²) >= 11 is 0. The van der Waals surface area contributed by atoms with Crippen LogP contribution in [0.2, 0.25) is 0 Å². The van der Waals surface area contributed by atoms with Crippen molar-refractivity contribution in [3.05, 3.63) is 54.6 Å². The van der Waals surface area contributed by atoms with Gasteiger partial charge in [0.15, 0.2) is 0 Å². The van der Waals surface area contributed by atoms with Gasteiger partial charge in [0.1, 0.15) is 35.5 Å². The molecule has 4 aromatic heterocycles. The number of nitrogens with zero attached hydrogens (tertiary/aromatic N) is 6. The highest BCUT2D eigenvalue weighted by atomic mass is 19.1. The summed E-state index contributed by atoms with van der Waals surface area (Å²) in [6.45, 7) is 1.20. The molecular formula is C23H25FN8O. The number of pyridine rings is 2. The van der Waals surface area contributed by atoms with Crippen molar-refractivity contribution < 1.29 is 9.13 Å². The van der Waals surface area contributed by atoms with E-state index in [0.717, 1.165) is 43.1 Å². The van der Waals surface area contributed by atoms with E-state index in [0.29, 0.717) is 23.3 Å². The van der Waals surface area contributed by atoms with Gasteiger partial charge in [0, 0.05) is 61.6 Å². The Hall–Kier alpha value is -3.95. The molecule has 1 aliphatic rings. The second kappa shape index (κ2) is 9.27. The first-order chi connectivity index (χ1) is 16.2. The van der Waals surface area contributed by atoms with Crippen molar-refractivity contribution in [3.63, 3.8) is 0 Å². The molecule has 2 N–H and O–H groups in total. The van der Waals surface area contributed by atoms with Gasteiger partial charge >= 0.3 is 0 Å². The number of ether oxygens (including phenoxy) is 1. The molecule has 0 amide bonds. The average Bonchev–Trinajstić information content (AvgIpc) is 3.32. The number of alkyl halides is 1. The molecule has 0 aliphatic carbocycles. The summed E-state index contributed by atoms with van der Waals surface area (Å²) in [6, 6.07) is 9.11. The average molecular weight is 449 g/mol. The molecule has 0 radical (unpaired) electrons. The minimum absolute atomic E-state index is 0.274. The van der Waals surface area contributed by atoms with Crippen LogP contribution in [0.4, 0.5) is 33.5 Å². The van der Waals surface area contributed by atoms with Crippen LogP contribution in [-0.4, -0.2) is 44.5 Å². The van der Waals surface area contributed by atoms with E-state index in [1.807, 2.05) is 35.0 Å². The Morgan fingerprint density at radius 2 is 1.82 bits per heavy atom. The van der Waals surface area contributed by atoms with Crippen molar-refractivity contribution in [2.75, 3.05) is 35.7 Å². The second-order valence-corrected chi connectivity index (χ2v) is 7.86. The molecule has 0 unspecified atom stereocenters. The summed E-state index contributed by atoms with van der Waals surface area (Å²) in [5, 5.41) is 6.48. The summed E-state index contributed by atoms with van der Waals surface area (Å²) in [5.74, 6) is 2.76. The van der Waals surface area contributed by atoms with E-state index in [4.69, 9.17) is 9.72 Å². The van der Waals surface area contributed by atoms with E-state index in [2.05, 4.69) is 30.5 Å². The highest BCUT2D eigenvalue weighted by Crippen LogP contribution is 2.27. The summed E-state index contributed by atoms with van der Waals surface area (Å²) in [5.41, 5.74) is 1.97. The third kappa shape index (κ3) is 4.79. The highest BCUT2D eigenvalue weighted by Gasteiger charge is 2.16. The summed E-state index contributed by atoms with van der Waals surface area (Å²) in [7, 11) is 1.54. The first-order valence-electron chi connectivity index (χ1n) is 10.9. The van der Waals surface area contributed by atoms with Gasteiger partial charge in [-0.1, -0.05) is 0 Å². The molecule has 5 rings (SSSR count). The van der Waals surface area contributed by atoms with E-state index in [-0.39, 0.29) is 5.69 Å². The van der Waals surface area contributed by atoms with Gasteiger partial charge in [-0.05, 0) is 25.3 Å². The molecule has 0 bridgehead atoms. The third-order valence-corrected chi connectivity index (χ3v) is 5.53. The minimum Gasteiger partial charge on any atom is -0.497 e. The van der Waals surface area contributed by atoms with E-state index in [9.17, 15) is 4.39 Å². The van der Waals surface area contributed by atoms with Crippen LogP contribution in [0.3, 0.4) is 0 Å². The van der Waals surface area contributed by atoms with Crippen molar-refractivity contribution in [2.45, 2.75) is 25.9 Å². The molecular weight excluding hydrogens is 423 g/mol. The number of halogens is 1. The SMILES string of the molecule is COc1cc(CF)nc(Nc2nc(Nc3ccn4ccnc4c3)cc(N3CCCCC3)n2)c1. The monoisotopic (exact) mass is 448 g/mol. The van der Waals surface area contributed by atoms with Gasteiger partial charge in [-0.3, -0.25) is 0 Å². The normalized spacial score (nSPS) is 13.8. The topological polar surface area (TPSA) is 92.5 Å². The van der Waals surface area contributed by atoms with E-state index in [1.165, 1.54) is 13.5 Å². The number of anilines is 5. The predicted molar refractivity (Wildman–Crippen MR) is 125 cm³/mol. The molecule has 33 heavy (non-hydrogen) atoms. The van der Waals surface area contributed by atoms with Gasteiger partial charge < -0.3 is 24.7 Å². The lowest BCUT2D eigenvalue weighted by atomic mass is 10.1. The van der Waals surface area contributed by atoms with E-state index in [1.54, 1.807) is 18.3 Å². The molecule has 4 aromatic rings. The Bertz CT molecular complexity index is 1230. The maximum Gasteiger partial charge on any atom is 0.232 e. The highest BCUT2D eigenvalue weighted by molar-refractivity contribution is 5.66. The Morgan fingerprint density at radius 1 is 0.970 bits per heavy atom. The minimum atomic E-state index is -0.691. The number of hydrogen-bond acceptors (Lipinski definition) is 8. The maximum atomic E-state index is 13.3. The molecule has 170 valence electrons. The predicted octanol–water partition coefficient (Wildman–Crippen LogP) is 4.47. The number of hydrogen-bond donors (Lipinski definition) is 2. The molecule has 9 nitrogen and oxygen atoms in total. The van der Waals surface area contributed by atoms with Crippen LogP contribution in [0, 0.1) is 0 Å². The van der Waals surface area contributed by atoms with Crippen molar-refractivity contribution >= 4 is 34.7 Å². The number of piperidine rings is 1. The molecule has 0 spiro atoms. The molecule has 0 aromatic carbocycles. The number of methoxy groups -OCH3 is 1. The first-order valence-corrected chi connectivity index (χ1v) is 10.9. The lowest BCUT2D eigenvalue weighted by Crippen LogP contribution is -2.30. The fraction of sp³-hybridized carbons (Fsp3) is 0.304. The quantitative estimate of drug-likeness (QED) is 0.428. The molecule has 5 heterocycles. The van der Waals surface area contributed by atoms with Crippen molar-refractivity contribution in [1.82, 2.24) is 24.3 Å². The summed E-state index contributed by atoms with van der Waals surface area (Å²) in [6.07, 6.45) is 9.07. The largest absolute Gasteiger partial charge is 0.497 e. The standard InChI is InChI=1S/C23H25FN8O/c1-33-18-11-17(15-24)27-19(13-18)28-23-29-20(14-22(30-23)31-7-3-2-4-8-31)26-16-5-9-32-10-6-25-21(32)12-16/h5-6,9-14H,2-4,7-8,15H2,1H3,(H2,26,27,28,29,30). The Balaban J connectivity index is 1.48. The van der Waals surface area contributed by atoms with Gasteiger partial charge in [0.2, 0.25) is 5.95 Å². The molecule has 1 fully saturated rings. The van der Waals surface area contributed by atoms with Crippen LogP contribution in [0.25, 0.3) is 5.65 Å².